The number of carbonyl (C=O) groups excluding carboxylic acids is 1. The molecule has 0 saturated carbocycles. The number of carbonyl (C=O) groups is 1. The molecule has 6 heteroatoms. The van der Waals surface area contributed by atoms with Crippen LogP contribution < -0.4 is 10.5 Å². The largest absolute Gasteiger partial charge is 0.463 e. The van der Waals surface area contributed by atoms with E-state index in [-0.39, 0.29) is 24.3 Å². The maximum absolute atomic E-state index is 12.1. The zero-order valence-corrected chi connectivity index (χ0v) is 12.4. The first-order valence-electron chi connectivity index (χ1n) is 7.29. The van der Waals surface area contributed by atoms with Crippen LogP contribution in [-0.4, -0.2) is 35.4 Å². The molecule has 0 atom stereocenters. The molecule has 1 aliphatic heterocycles. The van der Waals surface area contributed by atoms with Crippen LogP contribution in [0.3, 0.4) is 0 Å². The highest BCUT2D eigenvalue weighted by atomic mass is 16.5. The van der Waals surface area contributed by atoms with Gasteiger partial charge in [-0.1, -0.05) is 6.58 Å². The molecule has 1 aromatic rings. The number of nitrogens with zero attached hydrogens (tertiary/aromatic N) is 3. The van der Waals surface area contributed by atoms with Crippen molar-refractivity contribution < 1.29 is 9.53 Å². The Kier molecular flexibility index (Phi) is 5.14. The van der Waals surface area contributed by atoms with E-state index in [0.29, 0.717) is 0 Å². The van der Waals surface area contributed by atoms with Gasteiger partial charge in [-0.25, -0.2) is 9.48 Å². The summed E-state index contributed by atoms with van der Waals surface area (Å²) in [5, 5.41) is 4.13. The SMILES string of the molecule is C=C(Cn1ncc(N2CCCCC2)cc1=O)C(=O)OCC. The van der Waals surface area contributed by atoms with Crippen molar-refractivity contribution in [2.75, 3.05) is 24.6 Å². The molecule has 1 fully saturated rings. The van der Waals surface area contributed by atoms with Crippen molar-refractivity contribution in [3.8, 4) is 0 Å². The molecule has 114 valence electrons. The molecule has 0 spiro atoms. The van der Waals surface area contributed by atoms with Gasteiger partial charge >= 0.3 is 5.97 Å². The minimum Gasteiger partial charge on any atom is -0.463 e. The van der Waals surface area contributed by atoms with Crippen molar-refractivity contribution >= 4 is 11.7 Å². The quantitative estimate of drug-likeness (QED) is 0.605. The van der Waals surface area contributed by atoms with E-state index in [1.54, 1.807) is 19.2 Å². The van der Waals surface area contributed by atoms with Gasteiger partial charge in [0.2, 0.25) is 0 Å². The Morgan fingerprint density at radius 3 is 2.71 bits per heavy atom. The average molecular weight is 291 g/mol. The molecular weight excluding hydrogens is 270 g/mol. The van der Waals surface area contributed by atoms with Gasteiger partial charge in [0, 0.05) is 19.2 Å². The summed E-state index contributed by atoms with van der Waals surface area (Å²) in [6.07, 6.45) is 5.19. The minimum atomic E-state index is -0.494. The molecule has 0 aliphatic carbocycles. The Hall–Kier alpha value is -2.11. The van der Waals surface area contributed by atoms with Crippen LogP contribution in [0.1, 0.15) is 26.2 Å². The van der Waals surface area contributed by atoms with Crippen LogP contribution in [0.15, 0.2) is 29.2 Å². The van der Waals surface area contributed by atoms with E-state index in [4.69, 9.17) is 4.74 Å². The standard InChI is InChI=1S/C15H21N3O3/c1-3-21-15(20)12(2)11-18-14(19)9-13(10-16-18)17-7-5-4-6-8-17/h9-10H,2-8,11H2,1H3. The monoisotopic (exact) mass is 291 g/mol. The fourth-order valence-electron chi connectivity index (χ4n) is 2.35. The average Bonchev–Trinajstić information content (AvgIpc) is 2.50. The summed E-state index contributed by atoms with van der Waals surface area (Å²) in [6.45, 7) is 7.62. The van der Waals surface area contributed by atoms with Crippen molar-refractivity contribution in [1.82, 2.24) is 9.78 Å². The second-order valence-corrected chi connectivity index (χ2v) is 5.08. The van der Waals surface area contributed by atoms with Crippen LogP contribution in [0.4, 0.5) is 5.69 Å². The highest BCUT2D eigenvalue weighted by Gasteiger charge is 2.14. The summed E-state index contributed by atoms with van der Waals surface area (Å²) >= 11 is 0. The van der Waals surface area contributed by atoms with Gasteiger partial charge in [-0.3, -0.25) is 4.79 Å². The van der Waals surface area contributed by atoms with Crippen LogP contribution >= 0.6 is 0 Å². The van der Waals surface area contributed by atoms with Crippen molar-refractivity contribution in [2.24, 2.45) is 0 Å². The van der Waals surface area contributed by atoms with Crippen LogP contribution in [0.25, 0.3) is 0 Å². The van der Waals surface area contributed by atoms with E-state index in [1.807, 2.05) is 0 Å². The lowest BCUT2D eigenvalue weighted by atomic mass is 10.1. The molecule has 2 heterocycles. The molecule has 0 aromatic carbocycles. The van der Waals surface area contributed by atoms with E-state index < -0.39 is 5.97 Å². The fourth-order valence-corrected chi connectivity index (χ4v) is 2.35. The molecule has 21 heavy (non-hydrogen) atoms. The Morgan fingerprint density at radius 1 is 1.38 bits per heavy atom. The highest BCUT2D eigenvalue weighted by molar-refractivity contribution is 5.87. The third-order valence-electron chi connectivity index (χ3n) is 3.48. The van der Waals surface area contributed by atoms with Gasteiger partial charge in [0.1, 0.15) is 0 Å². The Labute approximate surface area is 124 Å². The first kappa shape index (κ1) is 15.3. The van der Waals surface area contributed by atoms with E-state index in [9.17, 15) is 9.59 Å². The van der Waals surface area contributed by atoms with Crippen LogP contribution in [0.5, 0.6) is 0 Å². The summed E-state index contributed by atoms with van der Waals surface area (Å²) in [5.41, 5.74) is 0.832. The van der Waals surface area contributed by atoms with Gasteiger partial charge in [-0.05, 0) is 26.2 Å². The number of esters is 1. The van der Waals surface area contributed by atoms with E-state index in [1.165, 1.54) is 11.1 Å². The molecule has 0 bridgehead atoms. The van der Waals surface area contributed by atoms with Crippen molar-refractivity contribution in [3.05, 3.63) is 34.8 Å². The van der Waals surface area contributed by atoms with Gasteiger partial charge in [0.25, 0.3) is 5.56 Å². The smallest absolute Gasteiger partial charge is 0.335 e. The number of piperidine rings is 1. The second-order valence-electron chi connectivity index (χ2n) is 5.08. The molecule has 1 saturated heterocycles. The summed E-state index contributed by atoms with van der Waals surface area (Å²) in [6, 6.07) is 1.57. The lowest BCUT2D eigenvalue weighted by molar-refractivity contribution is -0.138. The summed E-state index contributed by atoms with van der Waals surface area (Å²) in [4.78, 5) is 25.7. The Balaban J connectivity index is 2.07. The molecule has 0 unspecified atom stereocenters. The van der Waals surface area contributed by atoms with E-state index in [0.717, 1.165) is 31.6 Å². The van der Waals surface area contributed by atoms with Crippen LogP contribution in [0, 0.1) is 0 Å². The lowest BCUT2D eigenvalue weighted by Crippen LogP contribution is -2.32. The van der Waals surface area contributed by atoms with Crippen LogP contribution in [0.2, 0.25) is 0 Å². The number of rotatable bonds is 5. The third-order valence-corrected chi connectivity index (χ3v) is 3.48. The summed E-state index contributed by atoms with van der Waals surface area (Å²) in [5.74, 6) is -0.494. The van der Waals surface area contributed by atoms with Crippen LogP contribution in [-0.2, 0) is 16.1 Å². The van der Waals surface area contributed by atoms with Gasteiger partial charge in [-0.2, -0.15) is 5.10 Å². The molecule has 6 nitrogen and oxygen atoms in total. The zero-order valence-electron chi connectivity index (χ0n) is 12.4. The van der Waals surface area contributed by atoms with Gasteiger partial charge < -0.3 is 9.64 Å². The maximum Gasteiger partial charge on any atom is 0.335 e. The van der Waals surface area contributed by atoms with Gasteiger partial charge in [0.05, 0.1) is 30.6 Å². The Bertz CT molecular complexity index is 574. The van der Waals surface area contributed by atoms with Crippen molar-refractivity contribution in [1.29, 1.82) is 0 Å². The number of anilines is 1. The Morgan fingerprint density at radius 2 is 2.10 bits per heavy atom. The predicted molar refractivity (Wildman–Crippen MR) is 80.3 cm³/mol. The number of hydrogen-bond donors (Lipinski definition) is 0. The van der Waals surface area contributed by atoms with Gasteiger partial charge in [0.15, 0.2) is 0 Å². The topological polar surface area (TPSA) is 64.4 Å². The second kappa shape index (κ2) is 7.06. The first-order valence-corrected chi connectivity index (χ1v) is 7.29. The molecule has 0 amide bonds. The van der Waals surface area contributed by atoms with E-state index >= 15 is 0 Å². The molecule has 1 aromatic heterocycles. The molecule has 0 N–H and O–H groups in total. The summed E-state index contributed by atoms with van der Waals surface area (Å²) in [7, 11) is 0. The molecule has 1 aliphatic rings. The van der Waals surface area contributed by atoms with Crippen molar-refractivity contribution in [3.63, 3.8) is 0 Å². The first-order chi connectivity index (χ1) is 10.1. The number of hydrogen-bond acceptors (Lipinski definition) is 5. The van der Waals surface area contributed by atoms with E-state index in [2.05, 4.69) is 16.6 Å². The third kappa shape index (κ3) is 3.93. The maximum atomic E-state index is 12.1. The normalized spacial score (nSPS) is 14.8. The highest BCUT2D eigenvalue weighted by Crippen LogP contribution is 2.16. The lowest BCUT2D eigenvalue weighted by Gasteiger charge is -2.28. The minimum absolute atomic E-state index is 0.0535. The molecule has 0 radical (unpaired) electrons. The fraction of sp³-hybridized carbons (Fsp3) is 0.533. The predicted octanol–water partition coefficient (Wildman–Crippen LogP) is 1.35. The molecular formula is C15H21N3O3. The number of aromatic nitrogens is 2. The summed E-state index contributed by atoms with van der Waals surface area (Å²) < 4.78 is 6.07. The number of ether oxygens (including phenoxy) is 1. The molecule has 2 rings (SSSR count). The zero-order chi connectivity index (χ0) is 15.2. The van der Waals surface area contributed by atoms with Crippen molar-refractivity contribution in [2.45, 2.75) is 32.7 Å². The van der Waals surface area contributed by atoms with Gasteiger partial charge in [-0.15, -0.1) is 0 Å².